The summed E-state index contributed by atoms with van der Waals surface area (Å²) < 4.78 is 21.8. The highest BCUT2D eigenvalue weighted by Gasteiger charge is 2.18. The summed E-state index contributed by atoms with van der Waals surface area (Å²) in [5.74, 6) is -0.757. The maximum atomic E-state index is 12.2. The summed E-state index contributed by atoms with van der Waals surface area (Å²) in [6.45, 7) is 5.85. The fourth-order valence-corrected chi connectivity index (χ4v) is 4.12. The van der Waals surface area contributed by atoms with Gasteiger partial charge in [0.1, 0.15) is 24.8 Å². The van der Waals surface area contributed by atoms with Crippen LogP contribution in [0.1, 0.15) is 50.7 Å². The summed E-state index contributed by atoms with van der Waals surface area (Å²) in [7, 11) is 0. The Kier molecular flexibility index (Phi) is 17.6. The predicted octanol–water partition coefficient (Wildman–Crippen LogP) is 3.16. The minimum atomic E-state index is -0.366. The van der Waals surface area contributed by atoms with E-state index in [2.05, 4.69) is 10.6 Å². The predicted molar refractivity (Wildman–Crippen MR) is 158 cm³/mol. The Balaban J connectivity index is 1.54. The van der Waals surface area contributed by atoms with Gasteiger partial charge < -0.3 is 29.6 Å². The Bertz CT molecular complexity index is 979. The molecule has 42 heavy (non-hydrogen) atoms. The molecule has 0 fully saturated rings. The third-order valence-corrected chi connectivity index (χ3v) is 6.11. The lowest BCUT2D eigenvalue weighted by Crippen LogP contribution is -2.36. The maximum absolute atomic E-state index is 12.2. The number of ether oxygens (including phenoxy) is 4. The van der Waals surface area contributed by atoms with E-state index >= 15 is 0 Å². The highest BCUT2D eigenvalue weighted by Crippen LogP contribution is 2.07. The van der Waals surface area contributed by atoms with Crippen molar-refractivity contribution in [1.29, 1.82) is 0 Å². The first-order chi connectivity index (χ1) is 20.3. The average Bonchev–Trinajstić information content (AvgIpc) is 2.96. The van der Waals surface area contributed by atoms with E-state index < -0.39 is 0 Å². The number of rotatable bonds is 23. The smallest absolute Gasteiger partial charge is 0.307 e. The topological polar surface area (TPSA) is 129 Å². The third kappa shape index (κ3) is 17.4. The number of Topliss-reactive ketones (excluding diaryl/α,β-unsaturated/α-hetero) is 2. The number of carbonyl (C=O) groups excluding carboxylic acids is 4. The first-order valence-corrected chi connectivity index (χ1v) is 14.3. The lowest BCUT2D eigenvalue weighted by Gasteiger charge is -2.17. The summed E-state index contributed by atoms with van der Waals surface area (Å²) in [6, 6.07) is 18.2. The second-order valence-corrected chi connectivity index (χ2v) is 10.0. The lowest BCUT2D eigenvalue weighted by molar-refractivity contribution is -0.146. The van der Waals surface area contributed by atoms with Gasteiger partial charge in [0.2, 0.25) is 0 Å². The molecule has 10 nitrogen and oxygen atoms in total. The largest absolute Gasteiger partial charge is 0.461 e. The first kappa shape index (κ1) is 34.8. The van der Waals surface area contributed by atoms with Crippen molar-refractivity contribution in [3.8, 4) is 0 Å². The van der Waals surface area contributed by atoms with Gasteiger partial charge in [0, 0.05) is 38.0 Å². The van der Waals surface area contributed by atoms with Crippen molar-refractivity contribution in [3.63, 3.8) is 0 Å². The van der Waals surface area contributed by atoms with Crippen LogP contribution in [-0.4, -0.2) is 75.1 Å². The van der Waals surface area contributed by atoms with Crippen LogP contribution >= 0.6 is 0 Å². The van der Waals surface area contributed by atoms with Gasteiger partial charge in [0.15, 0.2) is 0 Å². The zero-order valence-corrected chi connectivity index (χ0v) is 24.7. The van der Waals surface area contributed by atoms with Crippen LogP contribution < -0.4 is 10.6 Å². The van der Waals surface area contributed by atoms with E-state index in [4.69, 9.17) is 18.9 Å². The molecule has 0 aromatic heterocycles. The van der Waals surface area contributed by atoms with E-state index in [-0.39, 0.29) is 74.5 Å². The quantitative estimate of drug-likeness (QED) is 0.148. The molecule has 230 valence electrons. The number of hydrogen-bond acceptors (Lipinski definition) is 10. The molecule has 2 unspecified atom stereocenters. The molecular weight excluding hydrogens is 540 g/mol. The van der Waals surface area contributed by atoms with Crippen molar-refractivity contribution in [2.45, 2.75) is 64.8 Å². The summed E-state index contributed by atoms with van der Waals surface area (Å²) >= 11 is 0. The van der Waals surface area contributed by atoms with Crippen molar-refractivity contribution >= 4 is 23.5 Å². The standard InChI is InChI=1S/C32H44N2O8/c1-25(35)19-29(21-31(37)41-23-27-9-5-3-6-10-27)33-13-15-39-17-18-40-16-14-34-30(20-26(2)36)22-32(38)42-24-28-11-7-4-8-12-28/h3-12,29-30,33-34H,13-24H2,1-2H3. The summed E-state index contributed by atoms with van der Waals surface area (Å²) in [4.78, 5) is 47.7. The molecular formula is C32H44N2O8. The second-order valence-electron chi connectivity index (χ2n) is 10.0. The summed E-state index contributed by atoms with van der Waals surface area (Å²) in [6.07, 6.45) is 0.646. The Morgan fingerprint density at radius 3 is 1.31 bits per heavy atom. The SMILES string of the molecule is CC(=O)CC(CC(=O)OCc1ccccc1)NCCOCCOCCNC(CC(C)=O)CC(=O)OCc1ccccc1. The van der Waals surface area contributed by atoms with Crippen LogP contribution in [0.4, 0.5) is 0 Å². The molecule has 0 radical (unpaired) electrons. The fourth-order valence-electron chi connectivity index (χ4n) is 4.12. The Labute approximate surface area is 248 Å². The second kappa shape index (κ2) is 21.3. The maximum Gasteiger partial charge on any atom is 0.307 e. The van der Waals surface area contributed by atoms with Crippen LogP contribution in [0.15, 0.2) is 60.7 Å². The van der Waals surface area contributed by atoms with Gasteiger partial charge in [-0.25, -0.2) is 0 Å². The molecule has 10 heteroatoms. The van der Waals surface area contributed by atoms with E-state index in [9.17, 15) is 19.2 Å². The van der Waals surface area contributed by atoms with E-state index in [1.807, 2.05) is 60.7 Å². The minimum absolute atomic E-state index is 0.0131. The first-order valence-electron chi connectivity index (χ1n) is 14.3. The molecule has 0 saturated heterocycles. The summed E-state index contributed by atoms with van der Waals surface area (Å²) in [5, 5.41) is 6.38. The molecule has 0 saturated carbocycles. The Hall–Kier alpha value is -3.44. The van der Waals surface area contributed by atoms with Crippen molar-refractivity contribution in [3.05, 3.63) is 71.8 Å². The van der Waals surface area contributed by atoms with Crippen LogP contribution in [0.25, 0.3) is 0 Å². The van der Waals surface area contributed by atoms with Gasteiger partial charge in [-0.2, -0.15) is 0 Å². The van der Waals surface area contributed by atoms with Crippen molar-refractivity contribution in [2.75, 3.05) is 39.5 Å². The van der Waals surface area contributed by atoms with Gasteiger partial charge in [-0.05, 0) is 25.0 Å². The number of esters is 2. The third-order valence-electron chi connectivity index (χ3n) is 6.11. The molecule has 2 N–H and O–H groups in total. The van der Waals surface area contributed by atoms with Gasteiger partial charge in [-0.15, -0.1) is 0 Å². The van der Waals surface area contributed by atoms with E-state index in [1.165, 1.54) is 13.8 Å². The van der Waals surface area contributed by atoms with Gasteiger partial charge in [0.05, 0.1) is 39.3 Å². The molecule has 0 aliphatic carbocycles. The molecule has 0 spiro atoms. The molecule has 2 rings (SSSR count). The van der Waals surface area contributed by atoms with E-state index in [1.54, 1.807) is 0 Å². The van der Waals surface area contributed by atoms with Crippen molar-refractivity contribution < 1.29 is 38.1 Å². The number of ketones is 2. The van der Waals surface area contributed by atoms with Gasteiger partial charge in [-0.1, -0.05) is 60.7 Å². The number of hydrogen-bond donors (Lipinski definition) is 2. The molecule has 2 aromatic rings. The average molecular weight is 585 g/mol. The number of nitrogens with one attached hydrogen (secondary N) is 2. The molecule has 2 atom stereocenters. The van der Waals surface area contributed by atoms with Crippen LogP contribution in [0.3, 0.4) is 0 Å². The van der Waals surface area contributed by atoms with Gasteiger partial charge in [0.25, 0.3) is 0 Å². The molecule has 0 aliphatic heterocycles. The fraction of sp³-hybridized carbons (Fsp3) is 0.500. The van der Waals surface area contributed by atoms with Crippen LogP contribution in [0.2, 0.25) is 0 Å². The zero-order chi connectivity index (χ0) is 30.4. The monoisotopic (exact) mass is 584 g/mol. The van der Waals surface area contributed by atoms with Crippen LogP contribution in [-0.2, 0) is 51.3 Å². The lowest BCUT2D eigenvalue weighted by atomic mass is 10.1. The van der Waals surface area contributed by atoms with E-state index in [0.717, 1.165) is 11.1 Å². The summed E-state index contributed by atoms with van der Waals surface area (Å²) in [5.41, 5.74) is 1.81. The van der Waals surface area contributed by atoms with Crippen molar-refractivity contribution in [2.24, 2.45) is 0 Å². The molecule has 0 heterocycles. The van der Waals surface area contributed by atoms with E-state index in [0.29, 0.717) is 39.5 Å². The number of benzene rings is 2. The Morgan fingerprint density at radius 1 is 0.571 bits per heavy atom. The molecule has 0 bridgehead atoms. The van der Waals surface area contributed by atoms with Crippen LogP contribution in [0, 0.1) is 0 Å². The van der Waals surface area contributed by atoms with Crippen molar-refractivity contribution in [1.82, 2.24) is 10.6 Å². The Morgan fingerprint density at radius 2 is 0.952 bits per heavy atom. The number of carbonyl (C=O) groups is 4. The molecule has 2 aromatic carbocycles. The zero-order valence-electron chi connectivity index (χ0n) is 24.7. The normalized spacial score (nSPS) is 12.3. The molecule has 0 aliphatic rings. The highest BCUT2D eigenvalue weighted by atomic mass is 16.5. The minimum Gasteiger partial charge on any atom is -0.461 e. The van der Waals surface area contributed by atoms with Gasteiger partial charge in [-0.3, -0.25) is 19.2 Å². The highest BCUT2D eigenvalue weighted by molar-refractivity contribution is 5.78. The molecule has 0 amide bonds. The van der Waals surface area contributed by atoms with Crippen LogP contribution in [0.5, 0.6) is 0 Å². The van der Waals surface area contributed by atoms with Gasteiger partial charge >= 0.3 is 11.9 Å².